The van der Waals surface area contributed by atoms with Crippen molar-refractivity contribution in [1.29, 1.82) is 0 Å². The Bertz CT molecular complexity index is 339. The molecule has 0 amide bonds. The number of carbonyl (C=O) groups excluding carboxylic acids is 1. The lowest BCUT2D eigenvalue weighted by molar-refractivity contribution is -0.139. The van der Waals surface area contributed by atoms with Gasteiger partial charge in [-0.05, 0) is 11.0 Å². The summed E-state index contributed by atoms with van der Waals surface area (Å²) in [5.41, 5.74) is 1.08. The van der Waals surface area contributed by atoms with Gasteiger partial charge in [-0.15, -0.1) is 0 Å². The van der Waals surface area contributed by atoms with Crippen LogP contribution in [0.3, 0.4) is 0 Å². The molecular formula is C11H16N2O2. The van der Waals surface area contributed by atoms with E-state index in [0.717, 1.165) is 5.56 Å². The summed E-state index contributed by atoms with van der Waals surface area (Å²) < 4.78 is 4.53. The van der Waals surface area contributed by atoms with Gasteiger partial charge in [0, 0.05) is 12.4 Å². The highest BCUT2D eigenvalue weighted by Crippen LogP contribution is 2.19. The summed E-state index contributed by atoms with van der Waals surface area (Å²) >= 11 is 0. The van der Waals surface area contributed by atoms with Gasteiger partial charge in [-0.25, -0.2) is 9.97 Å². The molecule has 1 aromatic rings. The molecule has 0 unspecified atom stereocenters. The van der Waals surface area contributed by atoms with Crippen LogP contribution in [-0.4, -0.2) is 23.0 Å². The number of rotatable bonds is 2. The third-order valence-corrected chi connectivity index (χ3v) is 2.10. The Kier molecular flexibility index (Phi) is 3.39. The molecular weight excluding hydrogens is 192 g/mol. The normalized spacial score (nSPS) is 11.2. The molecule has 0 bridgehead atoms. The lowest BCUT2D eigenvalue weighted by atomic mass is 9.89. The second-order valence-electron chi connectivity index (χ2n) is 4.39. The first-order valence-electron chi connectivity index (χ1n) is 4.81. The van der Waals surface area contributed by atoms with Gasteiger partial charge in [0.25, 0.3) is 0 Å². The number of hydrogen-bond acceptors (Lipinski definition) is 4. The van der Waals surface area contributed by atoms with Crippen molar-refractivity contribution in [3.8, 4) is 0 Å². The van der Waals surface area contributed by atoms with Crippen LogP contribution in [0.2, 0.25) is 0 Å². The van der Waals surface area contributed by atoms with Gasteiger partial charge in [-0.1, -0.05) is 20.8 Å². The molecule has 82 valence electrons. The smallest absolute Gasteiger partial charge is 0.313 e. The number of aromatic nitrogens is 2. The second kappa shape index (κ2) is 4.38. The van der Waals surface area contributed by atoms with Gasteiger partial charge in [-0.2, -0.15) is 0 Å². The Labute approximate surface area is 89.7 Å². The lowest BCUT2D eigenvalue weighted by Crippen LogP contribution is -2.14. The van der Waals surface area contributed by atoms with Crippen molar-refractivity contribution < 1.29 is 9.53 Å². The third kappa shape index (κ3) is 3.31. The van der Waals surface area contributed by atoms with Crippen LogP contribution < -0.4 is 0 Å². The molecule has 0 radical (unpaired) electrons. The van der Waals surface area contributed by atoms with Crippen molar-refractivity contribution in [2.75, 3.05) is 7.11 Å². The minimum Gasteiger partial charge on any atom is -0.469 e. The van der Waals surface area contributed by atoms with Crippen LogP contribution in [0, 0.1) is 0 Å². The molecule has 4 heteroatoms. The number of carbonyl (C=O) groups is 1. The molecule has 4 nitrogen and oxygen atoms in total. The fourth-order valence-corrected chi connectivity index (χ4v) is 1.03. The highest BCUT2D eigenvalue weighted by atomic mass is 16.5. The van der Waals surface area contributed by atoms with Gasteiger partial charge in [-0.3, -0.25) is 4.79 Å². The van der Waals surface area contributed by atoms with Crippen LogP contribution in [-0.2, 0) is 21.4 Å². The largest absolute Gasteiger partial charge is 0.469 e. The van der Waals surface area contributed by atoms with E-state index < -0.39 is 0 Å². The van der Waals surface area contributed by atoms with E-state index in [-0.39, 0.29) is 17.8 Å². The van der Waals surface area contributed by atoms with Crippen LogP contribution >= 0.6 is 0 Å². The molecule has 0 atom stereocenters. The molecule has 0 saturated carbocycles. The van der Waals surface area contributed by atoms with Gasteiger partial charge in [0.1, 0.15) is 12.2 Å². The molecule has 1 aromatic heterocycles. The van der Waals surface area contributed by atoms with Crippen molar-refractivity contribution in [1.82, 2.24) is 9.97 Å². The van der Waals surface area contributed by atoms with Gasteiger partial charge in [0.15, 0.2) is 0 Å². The van der Waals surface area contributed by atoms with Gasteiger partial charge in [0.05, 0.1) is 7.11 Å². The average Bonchev–Trinajstić information content (AvgIpc) is 2.17. The van der Waals surface area contributed by atoms with Crippen molar-refractivity contribution in [3.63, 3.8) is 0 Å². The fraction of sp³-hybridized carbons (Fsp3) is 0.545. The monoisotopic (exact) mass is 208 g/mol. The van der Waals surface area contributed by atoms with E-state index in [1.165, 1.54) is 7.11 Å². The second-order valence-corrected chi connectivity index (χ2v) is 4.39. The van der Waals surface area contributed by atoms with Crippen molar-refractivity contribution >= 4 is 5.97 Å². The fourth-order valence-electron chi connectivity index (χ4n) is 1.03. The maximum absolute atomic E-state index is 11.0. The quantitative estimate of drug-likeness (QED) is 0.691. The number of esters is 1. The predicted octanol–water partition coefficient (Wildman–Crippen LogP) is 1.49. The zero-order chi connectivity index (χ0) is 11.5. The zero-order valence-corrected chi connectivity index (χ0v) is 9.57. The molecule has 1 rings (SSSR count). The van der Waals surface area contributed by atoms with Crippen molar-refractivity contribution in [2.45, 2.75) is 32.6 Å². The molecule has 0 aliphatic rings. The van der Waals surface area contributed by atoms with Gasteiger partial charge in [0.2, 0.25) is 0 Å². The van der Waals surface area contributed by atoms with E-state index in [1.807, 2.05) is 0 Å². The first kappa shape index (κ1) is 11.6. The SMILES string of the molecule is COC(=O)Cc1ncc(C(C)(C)C)cn1. The molecule has 0 saturated heterocycles. The van der Waals surface area contributed by atoms with E-state index in [0.29, 0.717) is 5.82 Å². The van der Waals surface area contributed by atoms with E-state index in [4.69, 9.17) is 0 Å². The maximum Gasteiger partial charge on any atom is 0.313 e. The first-order valence-corrected chi connectivity index (χ1v) is 4.81. The van der Waals surface area contributed by atoms with Crippen LogP contribution in [0.1, 0.15) is 32.2 Å². The summed E-state index contributed by atoms with van der Waals surface area (Å²) in [5, 5.41) is 0. The van der Waals surface area contributed by atoms with Crippen LogP contribution in [0.4, 0.5) is 0 Å². The Morgan fingerprint density at radius 3 is 2.27 bits per heavy atom. The lowest BCUT2D eigenvalue weighted by Gasteiger charge is -2.17. The molecule has 0 spiro atoms. The summed E-state index contributed by atoms with van der Waals surface area (Å²) in [4.78, 5) is 19.2. The maximum atomic E-state index is 11.0. The van der Waals surface area contributed by atoms with Gasteiger partial charge >= 0.3 is 5.97 Å². The Balaban J connectivity index is 2.77. The Hall–Kier alpha value is -1.45. The van der Waals surface area contributed by atoms with Crippen LogP contribution in [0.15, 0.2) is 12.4 Å². The van der Waals surface area contributed by atoms with Crippen LogP contribution in [0.5, 0.6) is 0 Å². The third-order valence-electron chi connectivity index (χ3n) is 2.10. The van der Waals surface area contributed by atoms with Crippen molar-refractivity contribution in [2.24, 2.45) is 0 Å². The number of ether oxygens (including phenoxy) is 1. The molecule has 0 aliphatic heterocycles. The molecule has 0 N–H and O–H groups in total. The molecule has 1 heterocycles. The van der Waals surface area contributed by atoms with Crippen LogP contribution in [0.25, 0.3) is 0 Å². The molecule has 0 fully saturated rings. The average molecular weight is 208 g/mol. The van der Waals surface area contributed by atoms with Crippen molar-refractivity contribution in [3.05, 3.63) is 23.8 Å². The Morgan fingerprint density at radius 1 is 1.33 bits per heavy atom. The molecule has 15 heavy (non-hydrogen) atoms. The zero-order valence-electron chi connectivity index (χ0n) is 9.57. The number of hydrogen-bond donors (Lipinski definition) is 0. The predicted molar refractivity (Wildman–Crippen MR) is 56.5 cm³/mol. The summed E-state index contributed by atoms with van der Waals surface area (Å²) in [5.74, 6) is 0.174. The van der Waals surface area contributed by atoms with E-state index in [2.05, 4.69) is 35.5 Å². The summed E-state index contributed by atoms with van der Waals surface area (Å²) in [6.45, 7) is 6.27. The van der Waals surface area contributed by atoms with Gasteiger partial charge < -0.3 is 4.74 Å². The Morgan fingerprint density at radius 2 is 1.87 bits per heavy atom. The highest BCUT2D eigenvalue weighted by Gasteiger charge is 2.15. The minimum atomic E-state index is -0.321. The van der Waals surface area contributed by atoms with E-state index >= 15 is 0 Å². The topological polar surface area (TPSA) is 52.1 Å². The van der Waals surface area contributed by atoms with E-state index in [9.17, 15) is 4.79 Å². The summed E-state index contributed by atoms with van der Waals surface area (Å²) in [6, 6.07) is 0. The number of methoxy groups -OCH3 is 1. The standard InChI is InChI=1S/C11H16N2O2/c1-11(2,3)8-6-12-9(13-7-8)5-10(14)15-4/h6-7H,5H2,1-4H3. The van der Waals surface area contributed by atoms with E-state index in [1.54, 1.807) is 12.4 Å². The highest BCUT2D eigenvalue weighted by molar-refractivity contribution is 5.71. The summed E-state index contributed by atoms with van der Waals surface area (Å²) in [6.07, 6.45) is 3.64. The minimum absolute atomic E-state index is 0.0315. The number of nitrogens with zero attached hydrogens (tertiary/aromatic N) is 2. The molecule has 0 aromatic carbocycles. The molecule has 0 aliphatic carbocycles. The first-order chi connectivity index (χ1) is 6.93. The summed E-state index contributed by atoms with van der Waals surface area (Å²) in [7, 11) is 1.35.